The number of benzene rings is 1. The van der Waals surface area contributed by atoms with E-state index in [9.17, 15) is 8.42 Å². The first-order valence-corrected chi connectivity index (χ1v) is 9.10. The van der Waals surface area contributed by atoms with Gasteiger partial charge in [-0.05, 0) is 30.7 Å². The van der Waals surface area contributed by atoms with E-state index < -0.39 is 9.84 Å². The molecule has 1 aromatic carbocycles. The molecular weight excluding hydrogens is 266 g/mol. The van der Waals surface area contributed by atoms with Crippen LogP contribution in [0.2, 0.25) is 0 Å². The van der Waals surface area contributed by atoms with Gasteiger partial charge in [0.1, 0.15) is 0 Å². The third-order valence-corrected chi connectivity index (χ3v) is 6.12. The minimum Gasteiger partial charge on any atom is -0.380 e. The van der Waals surface area contributed by atoms with E-state index in [4.69, 9.17) is 0 Å². The molecule has 1 saturated heterocycles. The maximum absolute atomic E-state index is 12.2. The summed E-state index contributed by atoms with van der Waals surface area (Å²) in [6, 6.07) is 7.64. The van der Waals surface area contributed by atoms with Crippen molar-refractivity contribution in [1.82, 2.24) is 0 Å². The Morgan fingerprint density at radius 3 is 2.83 bits per heavy atom. The van der Waals surface area contributed by atoms with Gasteiger partial charge in [0.05, 0.1) is 16.3 Å². The van der Waals surface area contributed by atoms with E-state index in [0.717, 1.165) is 23.6 Å². The van der Waals surface area contributed by atoms with Crippen molar-refractivity contribution < 1.29 is 8.42 Å². The molecule has 1 fully saturated rings. The summed E-state index contributed by atoms with van der Waals surface area (Å²) in [6.07, 6.45) is 1.75. The molecule has 0 aromatic heterocycles. The molecule has 3 nitrogen and oxygen atoms in total. The molecule has 1 aliphatic heterocycles. The monoisotopic (exact) mass is 285 g/mol. The highest BCUT2D eigenvalue weighted by Crippen LogP contribution is 2.27. The maximum Gasteiger partial charge on any atom is 0.180 e. The number of nitrogens with one attached hydrogen (secondary N) is 1. The number of sulfone groups is 1. The lowest BCUT2D eigenvalue weighted by Gasteiger charge is -2.16. The Morgan fingerprint density at radius 2 is 2.17 bits per heavy atom. The Kier molecular flexibility index (Phi) is 4.56. The largest absolute Gasteiger partial charge is 0.380 e. The molecule has 100 valence electrons. The van der Waals surface area contributed by atoms with Crippen molar-refractivity contribution in [2.24, 2.45) is 0 Å². The van der Waals surface area contributed by atoms with Crippen molar-refractivity contribution in [3.05, 3.63) is 24.3 Å². The third kappa shape index (κ3) is 3.20. The van der Waals surface area contributed by atoms with Crippen LogP contribution in [0.3, 0.4) is 0 Å². The molecule has 1 N–H and O–H groups in total. The smallest absolute Gasteiger partial charge is 0.180 e. The molecule has 1 atom stereocenters. The summed E-state index contributed by atoms with van der Waals surface area (Å²) in [6.45, 7) is 1.89. The van der Waals surface area contributed by atoms with Crippen LogP contribution in [0, 0.1) is 0 Å². The van der Waals surface area contributed by atoms with Crippen LogP contribution in [0.25, 0.3) is 0 Å². The predicted molar refractivity (Wildman–Crippen MR) is 78.1 cm³/mol. The topological polar surface area (TPSA) is 46.2 Å². The second kappa shape index (κ2) is 5.97. The van der Waals surface area contributed by atoms with Crippen LogP contribution in [0.1, 0.15) is 19.8 Å². The van der Waals surface area contributed by atoms with Gasteiger partial charge in [-0.15, -0.1) is 0 Å². The quantitative estimate of drug-likeness (QED) is 0.903. The second-order valence-corrected chi connectivity index (χ2v) is 7.75. The van der Waals surface area contributed by atoms with Crippen molar-refractivity contribution in [2.45, 2.75) is 30.7 Å². The zero-order valence-corrected chi connectivity index (χ0v) is 12.2. The first-order valence-electron chi connectivity index (χ1n) is 6.29. The van der Waals surface area contributed by atoms with Gasteiger partial charge >= 0.3 is 0 Å². The summed E-state index contributed by atoms with van der Waals surface area (Å²) in [4.78, 5) is 0.448. The molecule has 0 aliphatic carbocycles. The molecule has 0 radical (unpaired) electrons. The van der Waals surface area contributed by atoms with Crippen LogP contribution in [0.4, 0.5) is 5.69 Å². The number of hydrogen-bond acceptors (Lipinski definition) is 4. The van der Waals surface area contributed by atoms with Crippen LogP contribution in [0.5, 0.6) is 0 Å². The van der Waals surface area contributed by atoms with Gasteiger partial charge in [-0.25, -0.2) is 8.42 Å². The molecular formula is C13H19NO2S2. The number of rotatable bonds is 5. The fraction of sp³-hybridized carbons (Fsp3) is 0.538. The van der Waals surface area contributed by atoms with Gasteiger partial charge in [0.15, 0.2) is 9.84 Å². The van der Waals surface area contributed by atoms with Gasteiger partial charge in [-0.3, -0.25) is 0 Å². The molecule has 2 rings (SSSR count). The van der Waals surface area contributed by atoms with Gasteiger partial charge in [0, 0.05) is 11.8 Å². The van der Waals surface area contributed by atoms with Gasteiger partial charge in [-0.1, -0.05) is 19.1 Å². The summed E-state index contributed by atoms with van der Waals surface area (Å²) in [7, 11) is -3.15. The first-order chi connectivity index (χ1) is 8.63. The standard InChI is InChI=1S/C13H19NO2S2/c1-2-9-18(15,16)13-6-4-3-5-12(13)14-11-7-8-17-10-11/h3-6,11,14H,2,7-10H2,1H3. The molecule has 1 unspecified atom stereocenters. The van der Waals surface area contributed by atoms with Crippen molar-refractivity contribution in [3.63, 3.8) is 0 Å². The van der Waals surface area contributed by atoms with E-state index in [-0.39, 0.29) is 5.75 Å². The summed E-state index contributed by atoms with van der Waals surface area (Å²) >= 11 is 1.91. The molecule has 0 amide bonds. The Hall–Kier alpha value is -0.680. The molecule has 18 heavy (non-hydrogen) atoms. The van der Waals surface area contributed by atoms with Crippen molar-refractivity contribution in [1.29, 1.82) is 0 Å². The predicted octanol–water partition coefficient (Wildman–Crippen LogP) is 2.79. The summed E-state index contributed by atoms with van der Waals surface area (Å²) < 4.78 is 24.4. The Labute approximate surface area is 113 Å². The van der Waals surface area contributed by atoms with E-state index in [2.05, 4.69) is 5.32 Å². The highest BCUT2D eigenvalue weighted by molar-refractivity contribution is 7.99. The summed E-state index contributed by atoms with van der Waals surface area (Å²) in [5.41, 5.74) is 0.762. The van der Waals surface area contributed by atoms with Crippen LogP contribution in [-0.4, -0.2) is 31.7 Å². The van der Waals surface area contributed by atoms with Gasteiger partial charge in [0.25, 0.3) is 0 Å². The molecule has 1 aromatic rings. The summed E-state index contributed by atoms with van der Waals surface area (Å²) in [5.74, 6) is 2.43. The first kappa shape index (κ1) is 13.7. The third-order valence-electron chi connectivity index (χ3n) is 2.98. The minimum absolute atomic E-state index is 0.213. The zero-order chi connectivity index (χ0) is 13.0. The molecule has 1 heterocycles. The lowest BCUT2D eigenvalue weighted by molar-refractivity contribution is 0.595. The van der Waals surface area contributed by atoms with Crippen LogP contribution in [-0.2, 0) is 9.84 Å². The van der Waals surface area contributed by atoms with E-state index in [1.54, 1.807) is 12.1 Å². The van der Waals surface area contributed by atoms with E-state index >= 15 is 0 Å². The van der Waals surface area contributed by atoms with Crippen molar-refractivity contribution in [3.8, 4) is 0 Å². The molecule has 0 bridgehead atoms. The maximum atomic E-state index is 12.2. The lowest BCUT2D eigenvalue weighted by Crippen LogP contribution is -2.20. The SMILES string of the molecule is CCCS(=O)(=O)c1ccccc1NC1CCSC1. The zero-order valence-electron chi connectivity index (χ0n) is 10.6. The lowest BCUT2D eigenvalue weighted by atomic mass is 10.2. The fourth-order valence-electron chi connectivity index (χ4n) is 2.10. The average Bonchev–Trinajstić information content (AvgIpc) is 2.82. The van der Waals surface area contributed by atoms with Crippen LogP contribution in [0.15, 0.2) is 29.2 Å². The normalized spacial score (nSPS) is 19.9. The van der Waals surface area contributed by atoms with Crippen molar-refractivity contribution in [2.75, 3.05) is 22.6 Å². The van der Waals surface area contributed by atoms with Crippen molar-refractivity contribution >= 4 is 27.3 Å². The summed E-state index contributed by atoms with van der Waals surface area (Å²) in [5, 5.41) is 3.37. The average molecular weight is 285 g/mol. The molecule has 5 heteroatoms. The van der Waals surface area contributed by atoms with E-state index in [1.165, 1.54) is 0 Å². The number of para-hydroxylation sites is 1. The number of thioether (sulfide) groups is 1. The molecule has 0 saturated carbocycles. The van der Waals surface area contributed by atoms with Crippen LogP contribution < -0.4 is 5.32 Å². The van der Waals surface area contributed by atoms with E-state index in [1.807, 2.05) is 30.8 Å². The Morgan fingerprint density at radius 1 is 1.39 bits per heavy atom. The van der Waals surface area contributed by atoms with Crippen LogP contribution >= 0.6 is 11.8 Å². The van der Waals surface area contributed by atoms with Gasteiger partial charge in [-0.2, -0.15) is 11.8 Å². The molecule has 0 spiro atoms. The minimum atomic E-state index is -3.15. The number of hydrogen-bond donors (Lipinski definition) is 1. The fourth-order valence-corrected chi connectivity index (χ4v) is 4.76. The second-order valence-electron chi connectivity index (χ2n) is 4.52. The van der Waals surface area contributed by atoms with E-state index in [0.29, 0.717) is 17.4 Å². The molecule has 1 aliphatic rings. The van der Waals surface area contributed by atoms with Gasteiger partial charge in [0.2, 0.25) is 0 Å². The highest BCUT2D eigenvalue weighted by atomic mass is 32.2. The Bertz CT molecular complexity index is 493. The van der Waals surface area contributed by atoms with Gasteiger partial charge < -0.3 is 5.32 Å². The highest BCUT2D eigenvalue weighted by Gasteiger charge is 2.21. The Balaban J connectivity index is 2.24. The number of anilines is 1.